The normalized spacial score (nSPS) is 16.9. The third kappa shape index (κ3) is 7.89. The molecule has 1 aliphatic rings. The monoisotopic (exact) mass is 522 g/mol. The molecular weight excluding hydrogens is 487 g/mol. The highest BCUT2D eigenvalue weighted by molar-refractivity contribution is 14.0. The van der Waals surface area contributed by atoms with Crippen LogP contribution in [0.15, 0.2) is 59.6 Å². The van der Waals surface area contributed by atoms with Gasteiger partial charge in [-0.2, -0.15) is 0 Å². The fourth-order valence-electron chi connectivity index (χ4n) is 3.85. The molecule has 3 rings (SSSR count). The van der Waals surface area contributed by atoms with Crippen molar-refractivity contribution >= 4 is 29.9 Å². The van der Waals surface area contributed by atoms with E-state index in [1.54, 1.807) is 0 Å². The lowest BCUT2D eigenvalue weighted by Gasteiger charge is -2.24. The van der Waals surface area contributed by atoms with Crippen molar-refractivity contribution in [2.45, 2.75) is 45.6 Å². The van der Waals surface area contributed by atoms with Gasteiger partial charge in [-0.05, 0) is 42.6 Å². The van der Waals surface area contributed by atoms with E-state index in [9.17, 15) is 0 Å². The molecule has 0 amide bonds. The topological polar surface area (TPSA) is 48.9 Å². The Bertz CT molecular complexity index is 769. The number of nitrogens with zero attached hydrogens (tertiary/aromatic N) is 2. The Hall–Kier alpha value is -1.64. The first kappa shape index (κ1) is 24.6. The van der Waals surface area contributed by atoms with Crippen LogP contribution < -0.4 is 10.6 Å². The molecule has 30 heavy (non-hydrogen) atoms. The summed E-state index contributed by atoms with van der Waals surface area (Å²) in [4.78, 5) is 6.91. The number of hydrogen-bond donors (Lipinski definition) is 2. The molecule has 0 saturated carbocycles. The molecule has 1 atom stereocenters. The maximum absolute atomic E-state index is 5.86. The molecule has 2 aromatic carbocycles. The highest BCUT2D eigenvalue weighted by Gasteiger charge is 2.22. The molecule has 2 aromatic rings. The second kappa shape index (κ2) is 13.6. The van der Waals surface area contributed by atoms with Crippen molar-refractivity contribution in [2.24, 2.45) is 4.99 Å². The van der Waals surface area contributed by atoms with E-state index in [-0.39, 0.29) is 24.0 Å². The molecule has 2 N–H and O–H groups in total. The second-order valence-electron chi connectivity index (χ2n) is 7.53. The molecule has 164 valence electrons. The third-order valence-corrected chi connectivity index (χ3v) is 5.47. The van der Waals surface area contributed by atoms with E-state index in [0.29, 0.717) is 19.3 Å². The van der Waals surface area contributed by atoms with Gasteiger partial charge in [0.2, 0.25) is 0 Å². The number of nitrogens with one attached hydrogen (secondary N) is 2. The zero-order valence-electron chi connectivity index (χ0n) is 18.1. The Kier molecular flexibility index (Phi) is 11.2. The first-order valence-corrected chi connectivity index (χ1v) is 10.7. The number of halogens is 1. The molecule has 0 radical (unpaired) electrons. The molecular formula is C24H35IN4O. The lowest BCUT2D eigenvalue weighted by Crippen LogP contribution is -2.44. The number of likely N-dealkylation sites (N-methyl/N-ethyl adjacent to an activating group) is 1. The van der Waals surface area contributed by atoms with Crippen LogP contribution in [0, 0.1) is 0 Å². The van der Waals surface area contributed by atoms with Crippen LogP contribution in [0.2, 0.25) is 0 Å². The number of benzene rings is 2. The van der Waals surface area contributed by atoms with Crippen LogP contribution in [0.4, 0.5) is 0 Å². The van der Waals surface area contributed by atoms with Crippen molar-refractivity contribution in [3.63, 3.8) is 0 Å². The maximum atomic E-state index is 5.86. The van der Waals surface area contributed by atoms with E-state index in [1.807, 2.05) is 25.2 Å². The maximum Gasteiger partial charge on any atom is 0.191 e. The molecule has 0 aliphatic carbocycles. The number of likely N-dealkylation sites (tertiary alicyclic amines) is 1. The van der Waals surface area contributed by atoms with E-state index in [2.05, 4.69) is 63.8 Å². The quantitative estimate of drug-likeness (QED) is 0.295. The van der Waals surface area contributed by atoms with E-state index in [4.69, 9.17) is 4.74 Å². The largest absolute Gasteiger partial charge is 0.372 e. The summed E-state index contributed by atoms with van der Waals surface area (Å²) in [5, 5.41) is 6.92. The minimum Gasteiger partial charge on any atom is -0.372 e. The van der Waals surface area contributed by atoms with E-state index >= 15 is 0 Å². The molecule has 1 fully saturated rings. The Morgan fingerprint density at radius 1 is 1.03 bits per heavy atom. The standard InChI is InChI=1S/C24H34N4O.HI/c1-3-28-14-8-13-23(28)17-27-24(25-2)26-16-21-11-7-12-22(15-21)19-29-18-20-9-5-4-6-10-20;/h4-7,9-12,15,23H,3,8,13-14,16-19H2,1-2H3,(H2,25,26,27);1H. The predicted octanol–water partition coefficient (Wildman–Crippen LogP) is 4.17. The van der Waals surface area contributed by atoms with Gasteiger partial charge < -0.3 is 15.4 Å². The molecule has 0 spiro atoms. The Morgan fingerprint density at radius 2 is 1.77 bits per heavy atom. The highest BCUT2D eigenvalue weighted by Crippen LogP contribution is 2.15. The van der Waals surface area contributed by atoms with Crippen molar-refractivity contribution in [1.82, 2.24) is 15.5 Å². The predicted molar refractivity (Wildman–Crippen MR) is 135 cm³/mol. The van der Waals surface area contributed by atoms with Gasteiger partial charge >= 0.3 is 0 Å². The van der Waals surface area contributed by atoms with Gasteiger partial charge in [0.15, 0.2) is 5.96 Å². The summed E-state index contributed by atoms with van der Waals surface area (Å²) in [5.74, 6) is 0.860. The van der Waals surface area contributed by atoms with E-state index in [1.165, 1.54) is 36.1 Å². The lowest BCUT2D eigenvalue weighted by molar-refractivity contribution is 0.107. The fourth-order valence-corrected chi connectivity index (χ4v) is 3.85. The van der Waals surface area contributed by atoms with Gasteiger partial charge in [0.05, 0.1) is 13.2 Å². The van der Waals surface area contributed by atoms with Gasteiger partial charge in [-0.15, -0.1) is 24.0 Å². The van der Waals surface area contributed by atoms with Gasteiger partial charge in [-0.1, -0.05) is 61.5 Å². The summed E-state index contributed by atoms with van der Waals surface area (Å²) in [6.07, 6.45) is 2.56. The summed E-state index contributed by atoms with van der Waals surface area (Å²) in [6.45, 7) is 7.52. The summed E-state index contributed by atoms with van der Waals surface area (Å²) in [7, 11) is 1.83. The number of guanidine groups is 1. The second-order valence-corrected chi connectivity index (χ2v) is 7.53. The highest BCUT2D eigenvalue weighted by atomic mass is 127. The van der Waals surface area contributed by atoms with Crippen molar-refractivity contribution in [2.75, 3.05) is 26.7 Å². The summed E-state index contributed by atoms with van der Waals surface area (Å²) in [6, 6.07) is 19.4. The molecule has 0 bridgehead atoms. The van der Waals surface area contributed by atoms with Crippen LogP contribution in [-0.2, 0) is 24.5 Å². The van der Waals surface area contributed by atoms with Crippen LogP contribution in [0.5, 0.6) is 0 Å². The summed E-state index contributed by atoms with van der Waals surface area (Å²) < 4.78 is 5.86. The van der Waals surface area contributed by atoms with E-state index in [0.717, 1.165) is 25.6 Å². The van der Waals surface area contributed by atoms with Crippen molar-refractivity contribution in [3.8, 4) is 0 Å². The molecule has 1 saturated heterocycles. The molecule has 5 nitrogen and oxygen atoms in total. The number of ether oxygens (including phenoxy) is 1. The lowest BCUT2D eigenvalue weighted by atomic mass is 10.1. The Labute approximate surface area is 198 Å². The minimum atomic E-state index is 0. The Balaban J connectivity index is 0.00000320. The van der Waals surface area contributed by atoms with Crippen molar-refractivity contribution < 1.29 is 4.74 Å². The molecule has 0 aromatic heterocycles. The van der Waals surface area contributed by atoms with Crippen LogP contribution in [0.25, 0.3) is 0 Å². The summed E-state index contributed by atoms with van der Waals surface area (Å²) in [5.41, 5.74) is 3.61. The molecule has 6 heteroatoms. The van der Waals surface area contributed by atoms with Gasteiger partial charge in [-0.3, -0.25) is 9.89 Å². The van der Waals surface area contributed by atoms with Gasteiger partial charge in [-0.25, -0.2) is 0 Å². The first-order chi connectivity index (χ1) is 14.3. The first-order valence-electron chi connectivity index (χ1n) is 10.7. The van der Waals surface area contributed by atoms with Crippen molar-refractivity contribution in [3.05, 3.63) is 71.3 Å². The average Bonchev–Trinajstić information content (AvgIpc) is 3.22. The van der Waals surface area contributed by atoms with Gasteiger partial charge in [0, 0.05) is 26.2 Å². The van der Waals surface area contributed by atoms with Crippen LogP contribution in [0.3, 0.4) is 0 Å². The zero-order chi connectivity index (χ0) is 20.3. The zero-order valence-corrected chi connectivity index (χ0v) is 20.5. The van der Waals surface area contributed by atoms with Crippen molar-refractivity contribution in [1.29, 1.82) is 0 Å². The van der Waals surface area contributed by atoms with Crippen LogP contribution >= 0.6 is 24.0 Å². The summed E-state index contributed by atoms with van der Waals surface area (Å²) >= 11 is 0. The fraction of sp³-hybridized carbons (Fsp3) is 0.458. The van der Waals surface area contributed by atoms with Gasteiger partial charge in [0.1, 0.15) is 0 Å². The molecule has 1 unspecified atom stereocenters. The van der Waals surface area contributed by atoms with E-state index < -0.39 is 0 Å². The average molecular weight is 522 g/mol. The number of aliphatic imine (C=N–C) groups is 1. The van der Waals surface area contributed by atoms with Crippen LogP contribution in [0.1, 0.15) is 36.5 Å². The molecule has 1 aliphatic heterocycles. The third-order valence-electron chi connectivity index (χ3n) is 5.47. The SMILES string of the molecule is CCN1CCCC1CNC(=NC)NCc1cccc(COCc2ccccc2)c1.I. The minimum absolute atomic E-state index is 0. The van der Waals surface area contributed by atoms with Crippen LogP contribution in [-0.4, -0.2) is 43.6 Å². The van der Waals surface area contributed by atoms with Gasteiger partial charge in [0.25, 0.3) is 0 Å². The molecule has 1 heterocycles. The number of hydrogen-bond acceptors (Lipinski definition) is 3. The smallest absolute Gasteiger partial charge is 0.191 e. The Morgan fingerprint density at radius 3 is 2.53 bits per heavy atom. The number of rotatable bonds is 9.